The van der Waals surface area contributed by atoms with Gasteiger partial charge in [-0.05, 0) is 44.6 Å². The minimum atomic E-state index is 0.568. The first-order chi connectivity index (χ1) is 9.78. The first kappa shape index (κ1) is 16.3. The molecule has 0 saturated carbocycles. The van der Waals surface area contributed by atoms with Crippen LogP contribution in [0.3, 0.4) is 0 Å². The summed E-state index contributed by atoms with van der Waals surface area (Å²) < 4.78 is 6.10. The minimum Gasteiger partial charge on any atom is -0.375 e. The molecule has 2 fully saturated rings. The molecule has 2 aliphatic heterocycles. The van der Waals surface area contributed by atoms with E-state index in [1.807, 2.05) is 0 Å². The van der Waals surface area contributed by atoms with Crippen molar-refractivity contribution in [1.82, 2.24) is 5.32 Å². The van der Waals surface area contributed by atoms with Crippen molar-refractivity contribution in [2.45, 2.75) is 96.8 Å². The van der Waals surface area contributed by atoms with Crippen LogP contribution in [0.5, 0.6) is 0 Å². The molecule has 2 heterocycles. The van der Waals surface area contributed by atoms with E-state index in [4.69, 9.17) is 4.74 Å². The van der Waals surface area contributed by atoms with Crippen LogP contribution in [-0.4, -0.2) is 24.8 Å². The Morgan fingerprint density at radius 1 is 1.15 bits per heavy atom. The van der Waals surface area contributed by atoms with Gasteiger partial charge in [0, 0.05) is 12.0 Å². The van der Waals surface area contributed by atoms with Crippen LogP contribution in [0, 0.1) is 11.8 Å². The quantitative estimate of drug-likeness (QED) is 0.635. The third-order valence-corrected chi connectivity index (χ3v) is 5.46. The van der Waals surface area contributed by atoms with Crippen LogP contribution >= 0.6 is 0 Å². The van der Waals surface area contributed by atoms with Gasteiger partial charge in [0.25, 0.3) is 0 Å². The molecule has 2 aliphatic rings. The maximum Gasteiger partial charge on any atom is 0.0623 e. The molecular weight excluding hydrogens is 246 g/mol. The van der Waals surface area contributed by atoms with Crippen LogP contribution in [0.4, 0.5) is 0 Å². The molecule has 2 saturated heterocycles. The molecule has 20 heavy (non-hydrogen) atoms. The van der Waals surface area contributed by atoms with Crippen LogP contribution in [0.25, 0.3) is 0 Å². The molecule has 2 nitrogen and oxygen atoms in total. The van der Waals surface area contributed by atoms with Gasteiger partial charge in [-0.25, -0.2) is 0 Å². The number of ether oxygens (including phenoxy) is 1. The molecule has 0 amide bonds. The van der Waals surface area contributed by atoms with Crippen molar-refractivity contribution in [2.24, 2.45) is 11.8 Å². The van der Waals surface area contributed by atoms with Gasteiger partial charge in [0.1, 0.15) is 0 Å². The molecular formula is C18H35NO. The minimum absolute atomic E-state index is 0.568. The highest BCUT2D eigenvalue weighted by Gasteiger charge is 2.44. The normalized spacial score (nSPS) is 31.6. The van der Waals surface area contributed by atoms with E-state index >= 15 is 0 Å². The number of nitrogens with one attached hydrogen (secondary N) is 1. The van der Waals surface area contributed by atoms with Crippen LogP contribution in [0.2, 0.25) is 0 Å². The Labute approximate surface area is 126 Å². The van der Waals surface area contributed by atoms with E-state index in [2.05, 4.69) is 26.1 Å². The molecule has 2 bridgehead atoms. The highest BCUT2D eigenvalue weighted by Crippen LogP contribution is 2.42. The molecule has 118 valence electrons. The molecule has 2 heteroatoms. The summed E-state index contributed by atoms with van der Waals surface area (Å²) in [5.74, 6) is 1.69. The fraction of sp³-hybridized carbons (Fsp3) is 1.00. The second-order valence-corrected chi connectivity index (χ2v) is 6.99. The fourth-order valence-electron chi connectivity index (χ4n) is 4.18. The third kappa shape index (κ3) is 4.21. The number of fused-ring (bicyclic) bond motifs is 2. The Hall–Kier alpha value is -0.0800. The topological polar surface area (TPSA) is 21.3 Å². The van der Waals surface area contributed by atoms with Gasteiger partial charge in [-0.15, -0.1) is 0 Å². The van der Waals surface area contributed by atoms with Crippen molar-refractivity contribution in [2.75, 3.05) is 6.54 Å². The van der Waals surface area contributed by atoms with E-state index in [9.17, 15) is 0 Å². The summed E-state index contributed by atoms with van der Waals surface area (Å²) in [4.78, 5) is 0. The molecule has 2 rings (SSSR count). The molecule has 1 N–H and O–H groups in total. The van der Waals surface area contributed by atoms with E-state index in [0.29, 0.717) is 18.2 Å². The number of rotatable bonds is 10. The van der Waals surface area contributed by atoms with Crippen LogP contribution in [0.1, 0.15) is 78.6 Å². The number of hydrogen-bond acceptors (Lipinski definition) is 2. The van der Waals surface area contributed by atoms with Crippen LogP contribution in [0.15, 0.2) is 0 Å². The molecule has 5 atom stereocenters. The molecule has 0 aromatic heterocycles. The van der Waals surface area contributed by atoms with Gasteiger partial charge < -0.3 is 10.1 Å². The molecule has 0 aliphatic carbocycles. The Bertz CT molecular complexity index is 268. The van der Waals surface area contributed by atoms with Gasteiger partial charge in [0.15, 0.2) is 0 Å². The van der Waals surface area contributed by atoms with Crippen molar-refractivity contribution in [3.8, 4) is 0 Å². The van der Waals surface area contributed by atoms with Crippen LogP contribution in [-0.2, 0) is 4.74 Å². The highest BCUT2D eigenvalue weighted by molar-refractivity contribution is 4.95. The van der Waals surface area contributed by atoms with E-state index in [-0.39, 0.29) is 0 Å². The Kier molecular flexibility index (Phi) is 6.83. The van der Waals surface area contributed by atoms with Gasteiger partial charge in [-0.2, -0.15) is 0 Å². The van der Waals surface area contributed by atoms with E-state index in [1.54, 1.807) is 0 Å². The van der Waals surface area contributed by atoms with Gasteiger partial charge in [0.2, 0.25) is 0 Å². The van der Waals surface area contributed by atoms with E-state index in [1.165, 1.54) is 64.3 Å². The zero-order valence-corrected chi connectivity index (χ0v) is 13.9. The Balaban J connectivity index is 1.88. The maximum absolute atomic E-state index is 6.10. The van der Waals surface area contributed by atoms with E-state index < -0.39 is 0 Å². The summed E-state index contributed by atoms with van der Waals surface area (Å²) in [6.07, 6.45) is 13.2. The summed E-state index contributed by atoms with van der Waals surface area (Å²) in [5, 5.41) is 3.86. The van der Waals surface area contributed by atoms with Gasteiger partial charge in [-0.1, -0.05) is 46.5 Å². The summed E-state index contributed by atoms with van der Waals surface area (Å²) in [7, 11) is 0. The molecule has 0 aromatic rings. The maximum atomic E-state index is 6.10. The average molecular weight is 281 g/mol. The van der Waals surface area contributed by atoms with E-state index in [0.717, 1.165) is 11.8 Å². The summed E-state index contributed by atoms with van der Waals surface area (Å²) >= 11 is 0. The lowest BCUT2D eigenvalue weighted by molar-refractivity contribution is 0.0829. The molecule has 0 aromatic carbocycles. The highest BCUT2D eigenvalue weighted by atomic mass is 16.5. The zero-order chi connectivity index (χ0) is 14.4. The lowest BCUT2D eigenvalue weighted by Gasteiger charge is -2.32. The molecule has 0 radical (unpaired) electrons. The second kappa shape index (κ2) is 8.38. The second-order valence-electron chi connectivity index (χ2n) is 6.99. The zero-order valence-electron chi connectivity index (χ0n) is 13.9. The SMILES string of the molecule is CCCCC(CC)CC(NCCC)C1CC2CCC1O2. The molecule has 0 spiro atoms. The van der Waals surface area contributed by atoms with Crippen molar-refractivity contribution in [1.29, 1.82) is 0 Å². The first-order valence-corrected chi connectivity index (χ1v) is 9.17. The standard InChI is InChI=1S/C18H35NO/c1-4-7-8-14(6-3)12-17(19-11-5-2)16-13-15-9-10-18(16)20-15/h14-19H,4-13H2,1-3H3. The molecule has 5 unspecified atom stereocenters. The average Bonchev–Trinajstić information content (AvgIpc) is 3.09. The van der Waals surface area contributed by atoms with Crippen molar-refractivity contribution >= 4 is 0 Å². The summed E-state index contributed by atoms with van der Waals surface area (Å²) in [6.45, 7) is 8.12. The van der Waals surface area contributed by atoms with Crippen molar-refractivity contribution < 1.29 is 4.74 Å². The predicted molar refractivity (Wildman–Crippen MR) is 86.0 cm³/mol. The third-order valence-electron chi connectivity index (χ3n) is 5.46. The smallest absolute Gasteiger partial charge is 0.0623 e. The lowest BCUT2D eigenvalue weighted by Crippen LogP contribution is -2.42. The van der Waals surface area contributed by atoms with Crippen molar-refractivity contribution in [3.63, 3.8) is 0 Å². The Morgan fingerprint density at radius 2 is 2.00 bits per heavy atom. The fourth-order valence-corrected chi connectivity index (χ4v) is 4.18. The van der Waals surface area contributed by atoms with Crippen molar-refractivity contribution in [3.05, 3.63) is 0 Å². The van der Waals surface area contributed by atoms with Crippen LogP contribution < -0.4 is 5.32 Å². The monoisotopic (exact) mass is 281 g/mol. The van der Waals surface area contributed by atoms with Gasteiger partial charge in [0.05, 0.1) is 12.2 Å². The first-order valence-electron chi connectivity index (χ1n) is 9.17. The summed E-state index contributed by atoms with van der Waals surface area (Å²) in [6, 6.07) is 0.701. The number of unbranched alkanes of at least 4 members (excludes halogenated alkanes) is 1. The van der Waals surface area contributed by atoms with Gasteiger partial charge >= 0.3 is 0 Å². The Morgan fingerprint density at radius 3 is 2.55 bits per heavy atom. The number of hydrogen-bond donors (Lipinski definition) is 1. The predicted octanol–water partition coefficient (Wildman–Crippen LogP) is 4.53. The largest absolute Gasteiger partial charge is 0.375 e. The summed E-state index contributed by atoms with van der Waals surface area (Å²) in [5.41, 5.74) is 0. The van der Waals surface area contributed by atoms with Gasteiger partial charge in [-0.3, -0.25) is 0 Å². The lowest BCUT2D eigenvalue weighted by atomic mass is 9.79.